The quantitative estimate of drug-likeness (QED) is 0.800. The summed E-state index contributed by atoms with van der Waals surface area (Å²) in [4.78, 5) is 5.34. The fourth-order valence-corrected chi connectivity index (χ4v) is 1.79. The first kappa shape index (κ1) is 10.2. The molecule has 0 saturated heterocycles. The number of oxime groups is 1. The topological polar surface area (TPSA) is 41.8 Å². The Hall–Kier alpha value is -1.35. The normalized spacial score (nSPS) is 23.4. The van der Waals surface area contributed by atoms with Crippen LogP contribution < -0.4 is 0 Å². The number of hydrogen-bond acceptors (Lipinski definition) is 3. The van der Waals surface area contributed by atoms with Gasteiger partial charge in [0.2, 0.25) is 0 Å². The monoisotopic (exact) mass is 205 g/mol. The smallest absolute Gasteiger partial charge is 0.142 e. The predicted octanol–water partition coefficient (Wildman–Crippen LogP) is 1.81. The van der Waals surface area contributed by atoms with E-state index >= 15 is 0 Å². The maximum Gasteiger partial charge on any atom is 0.142 e. The van der Waals surface area contributed by atoms with E-state index in [1.54, 1.807) is 0 Å². The van der Waals surface area contributed by atoms with Crippen LogP contribution in [0, 0.1) is 5.92 Å². The molecule has 0 spiro atoms. The second-order valence-electron chi connectivity index (χ2n) is 4.27. The molecule has 0 radical (unpaired) electrons. The zero-order valence-electron chi connectivity index (χ0n) is 8.97. The van der Waals surface area contributed by atoms with E-state index in [9.17, 15) is 5.11 Å². The van der Waals surface area contributed by atoms with Gasteiger partial charge in [-0.2, -0.15) is 0 Å². The summed E-state index contributed by atoms with van der Waals surface area (Å²) in [6.45, 7) is 3.93. The van der Waals surface area contributed by atoms with Crippen molar-refractivity contribution in [1.29, 1.82) is 0 Å². The summed E-state index contributed by atoms with van der Waals surface area (Å²) in [5, 5.41) is 13.4. The standard InChI is InChI=1S/C12H15NO2/c1-12(2)10(8-14)11(13-15-12)9-6-4-3-5-7-9/h3-7,10,14H,8H2,1-2H3. The van der Waals surface area contributed by atoms with Gasteiger partial charge in [-0.15, -0.1) is 0 Å². The van der Waals surface area contributed by atoms with Crippen molar-refractivity contribution in [2.75, 3.05) is 6.61 Å². The second kappa shape index (κ2) is 3.66. The summed E-state index contributed by atoms with van der Waals surface area (Å²) in [7, 11) is 0. The van der Waals surface area contributed by atoms with Crippen molar-refractivity contribution in [2.24, 2.45) is 11.1 Å². The average Bonchev–Trinajstić information content (AvgIpc) is 2.54. The van der Waals surface area contributed by atoms with Gasteiger partial charge in [-0.3, -0.25) is 0 Å². The highest BCUT2D eigenvalue weighted by Gasteiger charge is 2.41. The van der Waals surface area contributed by atoms with Gasteiger partial charge in [0.15, 0.2) is 0 Å². The lowest BCUT2D eigenvalue weighted by molar-refractivity contribution is -0.0260. The minimum absolute atomic E-state index is 0.0556. The Balaban J connectivity index is 2.32. The lowest BCUT2D eigenvalue weighted by Crippen LogP contribution is -2.35. The van der Waals surface area contributed by atoms with Crippen LogP contribution in [0.5, 0.6) is 0 Å². The molecule has 1 unspecified atom stereocenters. The first-order chi connectivity index (χ1) is 7.15. The first-order valence-electron chi connectivity index (χ1n) is 5.07. The number of aliphatic hydroxyl groups is 1. The summed E-state index contributed by atoms with van der Waals surface area (Å²) in [6, 6.07) is 9.83. The van der Waals surface area contributed by atoms with Crippen molar-refractivity contribution < 1.29 is 9.94 Å². The molecule has 0 aliphatic carbocycles. The zero-order valence-corrected chi connectivity index (χ0v) is 8.97. The van der Waals surface area contributed by atoms with Gasteiger partial charge < -0.3 is 9.94 Å². The number of nitrogens with zero attached hydrogens (tertiary/aromatic N) is 1. The summed E-state index contributed by atoms with van der Waals surface area (Å²) in [6.07, 6.45) is 0. The molecule has 0 amide bonds. The fourth-order valence-electron chi connectivity index (χ4n) is 1.79. The maximum atomic E-state index is 9.37. The minimum atomic E-state index is -0.417. The lowest BCUT2D eigenvalue weighted by atomic mass is 9.85. The van der Waals surface area contributed by atoms with E-state index in [4.69, 9.17) is 4.84 Å². The highest BCUT2D eigenvalue weighted by molar-refractivity contribution is 6.03. The van der Waals surface area contributed by atoms with Crippen LogP contribution in [-0.4, -0.2) is 23.0 Å². The molecule has 1 aromatic rings. The van der Waals surface area contributed by atoms with Gasteiger partial charge in [0, 0.05) is 0 Å². The van der Waals surface area contributed by atoms with Crippen LogP contribution in [0.1, 0.15) is 19.4 Å². The Bertz CT molecular complexity index is 370. The third-order valence-corrected chi connectivity index (χ3v) is 2.80. The summed E-state index contributed by atoms with van der Waals surface area (Å²) >= 11 is 0. The molecule has 1 heterocycles. The maximum absolute atomic E-state index is 9.37. The molecule has 80 valence electrons. The lowest BCUT2D eigenvalue weighted by Gasteiger charge is -2.23. The molecule has 0 bridgehead atoms. The molecule has 1 aliphatic heterocycles. The zero-order chi connectivity index (χ0) is 10.9. The van der Waals surface area contributed by atoms with Crippen LogP contribution in [0.2, 0.25) is 0 Å². The van der Waals surface area contributed by atoms with Crippen LogP contribution in [0.4, 0.5) is 0 Å². The molecule has 1 aliphatic rings. The highest BCUT2D eigenvalue weighted by atomic mass is 16.7. The van der Waals surface area contributed by atoms with E-state index < -0.39 is 5.60 Å². The summed E-state index contributed by atoms with van der Waals surface area (Å²) < 4.78 is 0. The fraction of sp³-hybridized carbons (Fsp3) is 0.417. The van der Waals surface area contributed by atoms with Crippen molar-refractivity contribution in [3.8, 4) is 0 Å². The Kier molecular flexibility index (Phi) is 2.49. The van der Waals surface area contributed by atoms with Gasteiger partial charge in [0.05, 0.1) is 18.2 Å². The molecule has 3 heteroatoms. The van der Waals surface area contributed by atoms with E-state index in [-0.39, 0.29) is 12.5 Å². The van der Waals surface area contributed by atoms with E-state index in [0.717, 1.165) is 11.3 Å². The summed E-state index contributed by atoms with van der Waals surface area (Å²) in [5.41, 5.74) is 1.44. The molecule has 2 rings (SSSR count). The Morgan fingerprint density at radius 3 is 2.60 bits per heavy atom. The van der Waals surface area contributed by atoms with Gasteiger partial charge in [-0.05, 0) is 19.4 Å². The van der Waals surface area contributed by atoms with Crippen molar-refractivity contribution in [3.05, 3.63) is 35.9 Å². The van der Waals surface area contributed by atoms with Gasteiger partial charge in [-0.25, -0.2) is 0 Å². The van der Waals surface area contributed by atoms with Crippen LogP contribution >= 0.6 is 0 Å². The van der Waals surface area contributed by atoms with Crippen LogP contribution in [0.25, 0.3) is 0 Å². The molecule has 1 atom stereocenters. The van der Waals surface area contributed by atoms with Crippen molar-refractivity contribution in [3.63, 3.8) is 0 Å². The Morgan fingerprint density at radius 2 is 2.00 bits per heavy atom. The molecule has 3 nitrogen and oxygen atoms in total. The van der Waals surface area contributed by atoms with Gasteiger partial charge in [0.1, 0.15) is 5.60 Å². The molecule has 0 fully saturated rings. The van der Waals surface area contributed by atoms with Crippen molar-refractivity contribution >= 4 is 5.71 Å². The predicted molar refractivity (Wildman–Crippen MR) is 58.7 cm³/mol. The summed E-state index contributed by atoms with van der Waals surface area (Å²) in [5.74, 6) is -0.0556. The second-order valence-corrected chi connectivity index (χ2v) is 4.27. The first-order valence-corrected chi connectivity index (χ1v) is 5.07. The molecule has 1 N–H and O–H groups in total. The van der Waals surface area contributed by atoms with E-state index in [2.05, 4.69) is 5.16 Å². The van der Waals surface area contributed by atoms with Crippen LogP contribution in [0.3, 0.4) is 0 Å². The highest BCUT2D eigenvalue weighted by Crippen LogP contribution is 2.31. The third-order valence-electron chi connectivity index (χ3n) is 2.80. The Morgan fingerprint density at radius 1 is 1.33 bits per heavy atom. The molecular weight excluding hydrogens is 190 g/mol. The van der Waals surface area contributed by atoms with Gasteiger partial charge in [0.25, 0.3) is 0 Å². The minimum Gasteiger partial charge on any atom is -0.396 e. The SMILES string of the molecule is CC1(C)ON=C(c2ccccc2)C1CO. The molecule has 1 aromatic carbocycles. The van der Waals surface area contributed by atoms with Gasteiger partial charge >= 0.3 is 0 Å². The van der Waals surface area contributed by atoms with E-state index in [1.807, 2.05) is 44.2 Å². The van der Waals surface area contributed by atoms with Crippen molar-refractivity contribution in [2.45, 2.75) is 19.4 Å². The van der Waals surface area contributed by atoms with Crippen LogP contribution in [0.15, 0.2) is 35.5 Å². The number of benzene rings is 1. The van der Waals surface area contributed by atoms with E-state index in [0.29, 0.717) is 0 Å². The Labute approximate surface area is 89.4 Å². The molecule has 15 heavy (non-hydrogen) atoms. The van der Waals surface area contributed by atoms with Crippen LogP contribution in [-0.2, 0) is 4.84 Å². The molecule has 0 aromatic heterocycles. The molecule has 0 saturated carbocycles. The number of aliphatic hydroxyl groups excluding tert-OH is 1. The number of rotatable bonds is 2. The third kappa shape index (κ3) is 1.75. The number of hydrogen-bond donors (Lipinski definition) is 1. The average molecular weight is 205 g/mol. The van der Waals surface area contributed by atoms with Crippen molar-refractivity contribution in [1.82, 2.24) is 0 Å². The largest absolute Gasteiger partial charge is 0.396 e. The van der Waals surface area contributed by atoms with E-state index in [1.165, 1.54) is 0 Å². The van der Waals surface area contributed by atoms with Gasteiger partial charge in [-0.1, -0.05) is 35.5 Å². The molecular formula is C12H15NO2.